The number of rotatable bonds is 1. The Morgan fingerprint density at radius 3 is 2.54 bits per heavy atom. The van der Waals surface area contributed by atoms with Gasteiger partial charge in [-0.05, 0) is 13.0 Å². The molecule has 5 heteroatoms. The molecule has 13 heavy (non-hydrogen) atoms. The lowest BCUT2D eigenvalue weighted by Gasteiger charge is -2.01. The Labute approximate surface area is 75.2 Å². The van der Waals surface area contributed by atoms with Crippen LogP contribution < -0.4 is 5.73 Å². The van der Waals surface area contributed by atoms with Gasteiger partial charge in [-0.1, -0.05) is 0 Å². The Bertz CT molecular complexity index is 386. The summed E-state index contributed by atoms with van der Waals surface area (Å²) >= 11 is 0. The highest BCUT2D eigenvalue weighted by Gasteiger charge is 2.00. The number of hydrogen-bond donors (Lipinski definition) is 1. The number of nitrogens with zero attached hydrogens (tertiary/aromatic N) is 4. The van der Waals surface area contributed by atoms with E-state index in [2.05, 4.69) is 15.2 Å². The molecule has 2 aromatic heterocycles. The first kappa shape index (κ1) is 7.72. The van der Waals surface area contributed by atoms with Crippen LogP contribution in [0.2, 0.25) is 0 Å². The van der Waals surface area contributed by atoms with Crippen LogP contribution in [0.1, 0.15) is 5.69 Å². The second kappa shape index (κ2) is 2.85. The van der Waals surface area contributed by atoms with E-state index in [0.29, 0.717) is 5.82 Å². The molecular weight excluding hydrogens is 166 g/mol. The number of nitrogen functional groups attached to an aromatic ring is 1. The van der Waals surface area contributed by atoms with E-state index in [4.69, 9.17) is 5.73 Å². The van der Waals surface area contributed by atoms with Gasteiger partial charge in [-0.3, -0.25) is 0 Å². The fraction of sp³-hybridized carbons (Fsp3) is 0.125. The molecule has 0 unspecified atom stereocenters. The summed E-state index contributed by atoms with van der Waals surface area (Å²) < 4.78 is 0. The number of nitrogens with two attached hydrogens (primary N) is 1. The first-order valence-corrected chi connectivity index (χ1v) is 3.86. The average molecular weight is 175 g/mol. The first-order valence-electron chi connectivity index (χ1n) is 3.86. The lowest BCUT2D eigenvalue weighted by atomic mass is 10.3. The third-order valence-corrected chi connectivity index (χ3v) is 1.61. The monoisotopic (exact) mass is 175 g/mol. The molecule has 66 valence electrons. The molecule has 0 amide bonds. The maximum atomic E-state index is 5.59. The summed E-state index contributed by atoms with van der Waals surface area (Å²) in [6.45, 7) is 1.88. The first-order chi connectivity index (χ1) is 6.25. The minimum atomic E-state index is 0.479. The molecule has 0 aliphatic carbocycles. The van der Waals surface area contributed by atoms with Gasteiger partial charge in [-0.2, -0.15) is 15.0 Å². The molecule has 0 aliphatic rings. The summed E-state index contributed by atoms with van der Waals surface area (Å²) in [6, 6.07) is 3.60. The zero-order valence-electron chi connectivity index (χ0n) is 7.18. The van der Waals surface area contributed by atoms with Gasteiger partial charge < -0.3 is 5.73 Å². The van der Waals surface area contributed by atoms with Crippen molar-refractivity contribution in [2.75, 3.05) is 5.73 Å². The van der Waals surface area contributed by atoms with Crippen molar-refractivity contribution in [3.8, 4) is 5.69 Å². The van der Waals surface area contributed by atoms with E-state index in [-0.39, 0.29) is 0 Å². The molecule has 0 saturated carbocycles. The second-order valence-corrected chi connectivity index (χ2v) is 2.71. The van der Waals surface area contributed by atoms with Gasteiger partial charge in [0.1, 0.15) is 5.82 Å². The van der Waals surface area contributed by atoms with Crippen molar-refractivity contribution in [2.24, 2.45) is 0 Å². The van der Waals surface area contributed by atoms with Crippen molar-refractivity contribution in [1.82, 2.24) is 20.0 Å². The zero-order chi connectivity index (χ0) is 9.26. The standard InChI is InChI=1S/C8H9N5/c1-6-4-7(5-8(9)12-6)13-10-2-3-11-13/h2-5H,1H3,(H2,9,12). The Kier molecular flexibility index (Phi) is 1.70. The minimum absolute atomic E-state index is 0.479. The van der Waals surface area contributed by atoms with Crippen molar-refractivity contribution in [3.05, 3.63) is 30.2 Å². The second-order valence-electron chi connectivity index (χ2n) is 2.71. The molecular formula is C8H9N5. The lowest BCUT2D eigenvalue weighted by Crippen LogP contribution is -2.02. The van der Waals surface area contributed by atoms with Gasteiger partial charge in [0.15, 0.2) is 0 Å². The van der Waals surface area contributed by atoms with Gasteiger partial charge in [0, 0.05) is 11.8 Å². The molecule has 0 spiro atoms. The summed E-state index contributed by atoms with van der Waals surface area (Å²) in [5, 5.41) is 7.98. The molecule has 0 aliphatic heterocycles. The van der Waals surface area contributed by atoms with Gasteiger partial charge >= 0.3 is 0 Å². The van der Waals surface area contributed by atoms with E-state index in [1.54, 1.807) is 18.5 Å². The van der Waals surface area contributed by atoms with E-state index < -0.39 is 0 Å². The van der Waals surface area contributed by atoms with Crippen molar-refractivity contribution >= 4 is 5.82 Å². The summed E-state index contributed by atoms with van der Waals surface area (Å²) in [4.78, 5) is 5.56. The van der Waals surface area contributed by atoms with E-state index in [9.17, 15) is 0 Å². The SMILES string of the molecule is Cc1cc(-n2nccn2)cc(N)n1. The molecule has 2 rings (SSSR count). The van der Waals surface area contributed by atoms with Gasteiger partial charge in [0.25, 0.3) is 0 Å². The van der Waals surface area contributed by atoms with Crippen LogP contribution in [0.25, 0.3) is 5.69 Å². The highest BCUT2D eigenvalue weighted by molar-refractivity contribution is 5.42. The van der Waals surface area contributed by atoms with Gasteiger partial charge in [-0.25, -0.2) is 4.98 Å². The third-order valence-electron chi connectivity index (χ3n) is 1.61. The predicted molar refractivity (Wildman–Crippen MR) is 48.3 cm³/mol. The summed E-state index contributed by atoms with van der Waals surface area (Å²) in [5.74, 6) is 0.479. The Morgan fingerprint density at radius 2 is 1.92 bits per heavy atom. The Hall–Kier alpha value is -1.91. The van der Waals surface area contributed by atoms with Crippen LogP contribution in [-0.4, -0.2) is 20.0 Å². The van der Waals surface area contributed by atoms with Crippen LogP contribution in [0, 0.1) is 6.92 Å². The van der Waals surface area contributed by atoms with Crippen LogP contribution in [0.5, 0.6) is 0 Å². The number of aryl methyl sites for hydroxylation is 1. The topological polar surface area (TPSA) is 69.6 Å². The molecule has 0 saturated heterocycles. The fourth-order valence-corrected chi connectivity index (χ4v) is 1.14. The molecule has 0 aromatic carbocycles. The van der Waals surface area contributed by atoms with E-state index in [1.165, 1.54) is 4.80 Å². The molecule has 2 N–H and O–H groups in total. The van der Waals surface area contributed by atoms with Crippen LogP contribution in [0.4, 0.5) is 5.82 Å². The van der Waals surface area contributed by atoms with Crippen molar-refractivity contribution < 1.29 is 0 Å². The van der Waals surface area contributed by atoms with Crippen molar-refractivity contribution in [2.45, 2.75) is 6.92 Å². The van der Waals surface area contributed by atoms with Crippen LogP contribution in [0.15, 0.2) is 24.5 Å². The van der Waals surface area contributed by atoms with Crippen LogP contribution in [-0.2, 0) is 0 Å². The quantitative estimate of drug-likeness (QED) is 0.687. The zero-order valence-corrected chi connectivity index (χ0v) is 7.18. The fourth-order valence-electron chi connectivity index (χ4n) is 1.14. The van der Waals surface area contributed by atoms with E-state index in [1.807, 2.05) is 13.0 Å². The summed E-state index contributed by atoms with van der Waals surface area (Å²) in [6.07, 6.45) is 3.23. The number of aromatic nitrogens is 4. The van der Waals surface area contributed by atoms with Crippen LogP contribution in [0.3, 0.4) is 0 Å². The lowest BCUT2D eigenvalue weighted by molar-refractivity contribution is 0.750. The van der Waals surface area contributed by atoms with Gasteiger partial charge in [0.05, 0.1) is 18.1 Å². The van der Waals surface area contributed by atoms with Gasteiger partial charge in [-0.15, -0.1) is 0 Å². The van der Waals surface area contributed by atoms with Crippen LogP contribution >= 0.6 is 0 Å². The van der Waals surface area contributed by atoms with E-state index in [0.717, 1.165) is 11.4 Å². The van der Waals surface area contributed by atoms with Crippen molar-refractivity contribution in [1.29, 1.82) is 0 Å². The average Bonchev–Trinajstić information content (AvgIpc) is 2.53. The molecule has 0 atom stereocenters. The summed E-state index contributed by atoms with van der Waals surface area (Å²) in [5.41, 5.74) is 7.27. The van der Waals surface area contributed by atoms with E-state index >= 15 is 0 Å². The third kappa shape index (κ3) is 1.48. The molecule has 2 heterocycles. The Balaban J connectivity index is 2.53. The number of pyridine rings is 1. The molecule has 0 radical (unpaired) electrons. The highest BCUT2D eigenvalue weighted by Crippen LogP contribution is 2.09. The molecule has 2 aromatic rings. The largest absolute Gasteiger partial charge is 0.384 e. The normalized spacial score (nSPS) is 10.2. The smallest absolute Gasteiger partial charge is 0.125 e. The maximum Gasteiger partial charge on any atom is 0.125 e. The number of hydrogen-bond acceptors (Lipinski definition) is 4. The molecule has 0 bridgehead atoms. The molecule has 0 fully saturated rings. The predicted octanol–water partition coefficient (Wildman–Crippen LogP) is 0.553. The summed E-state index contributed by atoms with van der Waals surface area (Å²) in [7, 11) is 0. The number of anilines is 1. The maximum absolute atomic E-state index is 5.59. The van der Waals surface area contributed by atoms with Crippen molar-refractivity contribution in [3.63, 3.8) is 0 Å². The van der Waals surface area contributed by atoms with Gasteiger partial charge in [0.2, 0.25) is 0 Å². The highest BCUT2D eigenvalue weighted by atomic mass is 15.5. The Morgan fingerprint density at radius 1 is 1.23 bits per heavy atom. The minimum Gasteiger partial charge on any atom is -0.384 e. The molecule has 5 nitrogen and oxygen atoms in total.